The van der Waals surface area contributed by atoms with Crippen molar-refractivity contribution < 1.29 is 18.4 Å². The van der Waals surface area contributed by atoms with Crippen molar-refractivity contribution in [2.24, 2.45) is 0 Å². The number of furan rings is 1. The van der Waals surface area contributed by atoms with E-state index in [0.717, 1.165) is 44.3 Å². The van der Waals surface area contributed by atoms with Crippen molar-refractivity contribution in [3.8, 4) is 0 Å². The van der Waals surface area contributed by atoms with Crippen LogP contribution in [0.5, 0.6) is 0 Å². The van der Waals surface area contributed by atoms with Crippen molar-refractivity contribution in [3.05, 3.63) is 35.8 Å². The molecule has 28 heavy (non-hydrogen) atoms. The Morgan fingerprint density at radius 1 is 1.21 bits per heavy atom. The van der Waals surface area contributed by atoms with Crippen molar-refractivity contribution in [2.75, 3.05) is 7.11 Å². The summed E-state index contributed by atoms with van der Waals surface area (Å²) in [7, 11) is -0.346. The van der Waals surface area contributed by atoms with Crippen molar-refractivity contribution in [1.29, 1.82) is 0 Å². The Morgan fingerprint density at radius 2 is 1.93 bits per heavy atom. The smallest absolute Gasteiger partial charge is 0.305 e. The number of hydrogen-bond donors (Lipinski definition) is 0. The van der Waals surface area contributed by atoms with Crippen LogP contribution >= 0.6 is 0 Å². The van der Waals surface area contributed by atoms with Crippen LogP contribution in [0.3, 0.4) is 0 Å². The molecule has 0 bridgehead atoms. The quantitative estimate of drug-likeness (QED) is 0.190. The largest absolute Gasteiger partial charge is 0.469 e. The Bertz CT molecular complexity index is 640. The van der Waals surface area contributed by atoms with E-state index >= 15 is 0 Å². The molecule has 0 N–H and O–H groups in total. The Labute approximate surface area is 171 Å². The van der Waals surface area contributed by atoms with Gasteiger partial charge in [0.2, 0.25) is 0 Å². The summed E-state index contributed by atoms with van der Waals surface area (Å²) < 4.78 is 17.1. The first-order valence-corrected chi connectivity index (χ1v) is 13.5. The van der Waals surface area contributed by atoms with E-state index < -0.39 is 8.32 Å². The van der Waals surface area contributed by atoms with E-state index in [-0.39, 0.29) is 17.1 Å². The molecule has 1 heterocycles. The minimum absolute atomic E-state index is 0.109. The first-order valence-electron chi connectivity index (χ1n) is 10.6. The third-order valence-corrected chi connectivity index (χ3v) is 10.8. The lowest BCUT2D eigenvalue weighted by Gasteiger charge is -2.38. The highest BCUT2D eigenvalue weighted by molar-refractivity contribution is 6.74. The van der Waals surface area contributed by atoms with Crippen LogP contribution in [0.25, 0.3) is 0 Å². The zero-order chi connectivity index (χ0) is 20.8. The number of carbonyl (C=O) groups excluding carboxylic acids is 1. The number of esters is 1. The molecular weight excluding hydrogens is 368 g/mol. The molecule has 0 saturated carbocycles. The molecular formula is C23H38O4Si. The molecule has 1 aromatic rings. The molecule has 1 aliphatic carbocycles. The van der Waals surface area contributed by atoms with Gasteiger partial charge >= 0.3 is 5.97 Å². The fraction of sp³-hybridized carbons (Fsp3) is 0.696. The van der Waals surface area contributed by atoms with Crippen molar-refractivity contribution in [1.82, 2.24) is 0 Å². The van der Waals surface area contributed by atoms with Crippen LogP contribution in [0.15, 0.2) is 34.5 Å². The topological polar surface area (TPSA) is 48.7 Å². The molecule has 2 atom stereocenters. The average molecular weight is 407 g/mol. The number of rotatable bonds is 10. The number of hydrogen-bond acceptors (Lipinski definition) is 4. The molecule has 0 amide bonds. The van der Waals surface area contributed by atoms with Gasteiger partial charge in [0.15, 0.2) is 8.32 Å². The molecule has 0 saturated heterocycles. The molecule has 1 aliphatic rings. The minimum atomic E-state index is -1.80. The fourth-order valence-corrected chi connectivity index (χ4v) is 4.82. The van der Waals surface area contributed by atoms with Crippen LogP contribution in [-0.4, -0.2) is 27.5 Å². The standard InChI is InChI=1S/C23H38O4Si/c1-23(2,3)28(5,6)27-19-16-18(20(17-19)21-13-11-15-26-21)12-9-7-8-10-14-22(24)25-4/h11,13,15-16,19-20H,7-10,12,14,17H2,1-6H3. The lowest BCUT2D eigenvalue weighted by molar-refractivity contribution is -0.140. The van der Waals surface area contributed by atoms with Gasteiger partial charge in [-0.15, -0.1) is 0 Å². The van der Waals surface area contributed by atoms with Gasteiger partial charge in [0.25, 0.3) is 0 Å². The molecule has 158 valence electrons. The van der Waals surface area contributed by atoms with Crippen LogP contribution in [0.2, 0.25) is 18.1 Å². The SMILES string of the molecule is COC(=O)CCCCCCC1=CC(O[Si](C)(C)C(C)(C)C)CC1c1ccco1. The lowest BCUT2D eigenvalue weighted by atomic mass is 9.94. The summed E-state index contributed by atoms with van der Waals surface area (Å²) in [5.41, 5.74) is 1.45. The number of unbranched alkanes of at least 4 members (excludes halogenated alkanes) is 3. The maximum Gasteiger partial charge on any atom is 0.305 e. The maximum atomic E-state index is 11.2. The highest BCUT2D eigenvalue weighted by atomic mass is 28.4. The first kappa shape index (κ1) is 23.0. The molecule has 2 rings (SSSR count). The fourth-order valence-electron chi connectivity index (χ4n) is 3.54. The summed E-state index contributed by atoms with van der Waals surface area (Å²) in [5, 5.41) is 0.212. The molecule has 2 unspecified atom stereocenters. The van der Waals surface area contributed by atoms with Crippen molar-refractivity contribution in [2.45, 2.75) is 95.9 Å². The average Bonchev–Trinajstić information content (AvgIpc) is 3.25. The summed E-state index contributed by atoms with van der Waals surface area (Å²) in [5.74, 6) is 1.28. The van der Waals surface area contributed by atoms with E-state index in [4.69, 9.17) is 13.6 Å². The molecule has 5 heteroatoms. The van der Waals surface area contributed by atoms with Crippen LogP contribution in [0.4, 0.5) is 0 Å². The van der Waals surface area contributed by atoms with Gasteiger partial charge < -0.3 is 13.6 Å². The summed E-state index contributed by atoms with van der Waals surface area (Å²) >= 11 is 0. The molecule has 0 spiro atoms. The van der Waals surface area contributed by atoms with Gasteiger partial charge in [0.1, 0.15) is 5.76 Å². The highest BCUT2D eigenvalue weighted by Gasteiger charge is 2.41. The van der Waals surface area contributed by atoms with Gasteiger partial charge in [0.05, 0.1) is 19.5 Å². The van der Waals surface area contributed by atoms with E-state index in [2.05, 4.69) is 46.0 Å². The Balaban J connectivity index is 1.92. The first-order chi connectivity index (χ1) is 13.1. The van der Waals surface area contributed by atoms with Crippen LogP contribution in [0, 0.1) is 0 Å². The lowest BCUT2D eigenvalue weighted by Crippen LogP contribution is -2.43. The zero-order valence-corrected chi connectivity index (χ0v) is 19.5. The highest BCUT2D eigenvalue weighted by Crippen LogP contribution is 2.43. The maximum absolute atomic E-state index is 11.2. The number of carbonyl (C=O) groups is 1. The predicted molar refractivity (Wildman–Crippen MR) is 116 cm³/mol. The summed E-state index contributed by atoms with van der Waals surface area (Å²) in [6, 6.07) is 4.06. The third-order valence-electron chi connectivity index (χ3n) is 6.28. The van der Waals surface area contributed by atoms with E-state index in [9.17, 15) is 4.79 Å². The van der Waals surface area contributed by atoms with Crippen LogP contribution in [-0.2, 0) is 14.0 Å². The van der Waals surface area contributed by atoms with E-state index in [1.165, 1.54) is 12.7 Å². The molecule has 0 aliphatic heterocycles. The van der Waals surface area contributed by atoms with Crippen molar-refractivity contribution >= 4 is 14.3 Å². The second-order valence-corrected chi connectivity index (χ2v) is 14.2. The second-order valence-electron chi connectivity index (χ2n) is 9.45. The number of methoxy groups -OCH3 is 1. The van der Waals surface area contributed by atoms with E-state index in [1.54, 1.807) is 6.26 Å². The van der Waals surface area contributed by atoms with E-state index in [1.807, 2.05) is 6.07 Å². The van der Waals surface area contributed by atoms with Crippen LogP contribution < -0.4 is 0 Å². The van der Waals surface area contributed by atoms with E-state index in [0.29, 0.717) is 12.3 Å². The number of allylic oxidation sites excluding steroid dienone is 1. The van der Waals surface area contributed by atoms with Crippen molar-refractivity contribution in [3.63, 3.8) is 0 Å². The normalized spacial score (nSPS) is 20.3. The zero-order valence-electron chi connectivity index (χ0n) is 18.5. The molecule has 0 fully saturated rings. The number of ether oxygens (including phenoxy) is 1. The summed E-state index contributed by atoms with van der Waals surface area (Å²) in [6.07, 6.45) is 11.1. The Kier molecular flexibility index (Phi) is 8.14. The summed E-state index contributed by atoms with van der Waals surface area (Å²) in [6.45, 7) is 11.5. The van der Waals surface area contributed by atoms with Gasteiger partial charge in [-0.1, -0.05) is 45.3 Å². The molecule has 0 radical (unpaired) electrons. The molecule has 0 aromatic carbocycles. The monoisotopic (exact) mass is 406 g/mol. The molecule has 1 aromatic heterocycles. The second kappa shape index (κ2) is 9.93. The van der Waals surface area contributed by atoms with Crippen LogP contribution in [0.1, 0.15) is 77.4 Å². The van der Waals surface area contributed by atoms with Gasteiger partial charge in [-0.05, 0) is 55.9 Å². The van der Waals surface area contributed by atoms with Gasteiger partial charge in [-0.25, -0.2) is 0 Å². The Morgan fingerprint density at radius 3 is 2.54 bits per heavy atom. The van der Waals surface area contributed by atoms with Gasteiger partial charge in [0, 0.05) is 12.3 Å². The third kappa shape index (κ3) is 6.34. The van der Waals surface area contributed by atoms with Gasteiger partial charge in [-0.2, -0.15) is 0 Å². The Hall–Kier alpha value is -1.33. The molecule has 4 nitrogen and oxygen atoms in total. The summed E-state index contributed by atoms with van der Waals surface area (Å²) in [4.78, 5) is 11.2. The minimum Gasteiger partial charge on any atom is -0.469 e. The van der Waals surface area contributed by atoms with Gasteiger partial charge in [-0.3, -0.25) is 4.79 Å². The predicted octanol–water partition coefficient (Wildman–Crippen LogP) is 6.60.